The molecule has 3 rings (SSSR count). The second-order valence-electron chi connectivity index (χ2n) is 5.83. The predicted octanol–water partition coefficient (Wildman–Crippen LogP) is 1.16. The minimum atomic E-state index is -4.33. The third kappa shape index (κ3) is 3.06. The molecule has 0 saturated carbocycles. The van der Waals surface area contributed by atoms with E-state index in [0.717, 1.165) is 12.6 Å². The number of hydrogen-bond donors (Lipinski definition) is 2. The van der Waals surface area contributed by atoms with Gasteiger partial charge in [0.25, 0.3) is 0 Å². The van der Waals surface area contributed by atoms with Gasteiger partial charge in [-0.15, -0.1) is 0 Å². The quantitative estimate of drug-likeness (QED) is 0.859. The van der Waals surface area contributed by atoms with Gasteiger partial charge in [0.15, 0.2) is 0 Å². The SMILES string of the molecule is OC1CNCC1N1CCN(c2ccccc2C(F)(F)F)CC1. The lowest BCUT2D eigenvalue weighted by molar-refractivity contribution is -0.137. The molecule has 0 amide bonds. The average Bonchev–Trinajstić information content (AvgIpc) is 2.93. The Morgan fingerprint density at radius 3 is 2.32 bits per heavy atom. The lowest BCUT2D eigenvalue weighted by atomic mass is 10.1. The van der Waals surface area contributed by atoms with Crippen LogP contribution < -0.4 is 10.2 Å². The first-order chi connectivity index (χ1) is 10.5. The third-order valence-corrected chi connectivity index (χ3v) is 4.48. The molecule has 0 bridgehead atoms. The lowest BCUT2D eigenvalue weighted by Gasteiger charge is -2.40. The summed E-state index contributed by atoms with van der Waals surface area (Å²) in [5.41, 5.74) is -0.328. The number of benzene rings is 1. The second kappa shape index (κ2) is 6.06. The molecule has 2 heterocycles. The molecule has 122 valence electrons. The van der Waals surface area contributed by atoms with Crippen molar-refractivity contribution in [3.8, 4) is 0 Å². The Labute approximate surface area is 127 Å². The van der Waals surface area contributed by atoms with Crippen LogP contribution in [0.5, 0.6) is 0 Å². The molecule has 2 atom stereocenters. The van der Waals surface area contributed by atoms with Crippen molar-refractivity contribution in [3.63, 3.8) is 0 Å². The molecule has 2 aliphatic rings. The maximum absolute atomic E-state index is 13.1. The summed E-state index contributed by atoms with van der Waals surface area (Å²) in [6, 6.07) is 5.79. The molecule has 1 aromatic carbocycles. The van der Waals surface area contributed by atoms with E-state index >= 15 is 0 Å². The molecule has 2 fully saturated rings. The van der Waals surface area contributed by atoms with Gasteiger partial charge in [-0.05, 0) is 12.1 Å². The van der Waals surface area contributed by atoms with Crippen LogP contribution in [0.25, 0.3) is 0 Å². The summed E-state index contributed by atoms with van der Waals surface area (Å²) < 4.78 is 39.3. The Morgan fingerprint density at radius 2 is 1.73 bits per heavy atom. The topological polar surface area (TPSA) is 38.7 Å². The first-order valence-electron chi connectivity index (χ1n) is 7.51. The molecule has 2 unspecified atom stereocenters. The maximum atomic E-state index is 13.1. The minimum Gasteiger partial charge on any atom is -0.390 e. The molecule has 2 N–H and O–H groups in total. The predicted molar refractivity (Wildman–Crippen MR) is 77.9 cm³/mol. The Hall–Kier alpha value is -1.31. The van der Waals surface area contributed by atoms with Gasteiger partial charge >= 0.3 is 6.18 Å². The Kier molecular flexibility index (Phi) is 4.29. The van der Waals surface area contributed by atoms with Crippen molar-refractivity contribution in [2.45, 2.75) is 18.3 Å². The van der Waals surface area contributed by atoms with Crippen LogP contribution in [-0.4, -0.2) is 61.4 Å². The summed E-state index contributed by atoms with van der Waals surface area (Å²) in [4.78, 5) is 3.95. The summed E-state index contributed by atoms with van der Waals surface area (Å²) in [5.74, 6) is 0. The van der Waals surface area contributed by atoms with Gasteiger partial charge in [0.1, 0.15) is 0 Å². The Balaban J connectivity index is 1.69. The number of piperazine rings is 1. The monoisotopic (exact) mass is 315 g/mol. The number of nitrogens with one attached hydrogen (secondary N) is 1. The molecule has 22 heavy (non-hydrogen) atoms. The van der Waals surface area contributed by atoms with Gasteiger partial charge in [-0.2, -0.15) is 13.2 Å². The van der Waals surface area contributed by atoms with E-state index in [2.05, 4.69) is 10.2 Å². The van der Waals surface area contributed by atoms with Crippen LogP contribution in [-0.2, 0) is 6.18 Å². The summed E-state index contributed by atoms with van der Waals surface area (Å²) in [6.45, 7) is 3.72. The van der Waals surface area contributed by atoms with E-state index in [1.807, 2.05) is 0 Å². The zero-order chi connectivity index (χ0) is 15.7. The number of nitrogens with zero attached hydrogens (tertiary/aromatic N) is 2. The van der Waals surface area contributed by atoms with Gasteiger partial charge in [-0.3, -0.25) is 4.90 Å². The van der Waals surface area contributed by atoms with Crippen molar-refractivity contribution in [1.82, 2.24) is 10.2 Å². The van der Waals surface area contributed by atoms with Gasteiger partial charge in [0, 0.05) is 51.0 Å². The molecule has 0 spiro atoms. The summed E-state index contributed by atoms with van der Waals surface area (Å²) in [7, 11) is 0. The highest BCUT2D eigenvalue weighted by molar-refractivity contribution is 5.55. The van der Waals surface area contributed by atoms with Crippen LogP contribution >= 0.6 is 0 Å². The molecular weight excluding hydrogens is 295 g/mol. The van der Waals surface area contributed by atoms with Crippen LogP contribution in [0.3, 0.4) is 0 Å². The largest absolute Gasteiger partial charge is 0.418 e. The molecule has 2 aliphatic heterocycles. The van der Waals surface area contributed by atoms with E-state index in [4.69, 9.17) is 0 Å². The van der Waals surface area contributed by atoms with Gasteiger partial charge in [0.05, 0.1) is 11.7 Å². The number of β-amino-alcohol motifs (C(OH)–C–C–N with tert-alkyl or cyclic N) is 1. The highest BCUT2D eigenvalue weighted by Crippen LogP contribution is 2.36. The highest BCUT2D eigenvalue weighted by atomic mass is 19.4. The van der Waals surface area contributed by atoms with Crippen molar-refractivity contribution < 1.29 is 18.3 Å². The molecule has 2 saturated heterocycles. The summed E-state index contributed by atoms with van der Waals surface area (Å²) >= 11 is 0. The number of alkyl halides is 3. The van der Waals surface area contributed by atoms with Crippen molar-refractivity contribution in [1.29, 1.82) is 0 Å². The first-order valence-corrected chi connectivity index (χ1v) is 7.51. The number of aliphatic hydroxyl groups excluding tert-OH is 1. The van der Waals surface area contributed by atoms with Crippen molar-refractivity contribution in [2.24, 2.45) is 0 Å². The summed E-state index contributed by atoms with van der Waals surface area (Å²) in [6.07, 6.45) is -4.73. The standard InChI is InChI=1S/C15H20F3N3O/c16-15(17,18)11-3-1-2-4-12(11)20-5-7-21(8-6-20)13-9-19-10-14(13)22/h1-4,13-14,19,22H,5-10H2. The van der Waals surface area contributed by atoms with E-state index < -0.39 is 17.8 Å². The molecular formula is C15H20F3N3O. The maximum Gasteiger partial charge on any atom is 0.418 e. The van der Waals surface area contributed by atoms with Crippen molar-refractivity contribution in [3.05, 3.63) is 29.8 Å². The van der Waals surface area contributed by atoms with Gasteiger partial charge < -0.3 is 15.3 Å². The highest BCUT2D eigenvalue weighted by Gasteiger charge is 2.36. The Bertz CT molecular complexity index is 515. The fourth-order valence-corrected chi connectivity index (χ4v) is 3.31. The van der Waals surface area contributed by atoms with Crippen LogP contribution in [0.2, 0.25) is 0 Å². The van der Waals surface area contributed by atoms with Crippen LogP contribution in [0, 0.1) is 0 Å². The average molecular weight is 315 g/mol. The minimum absolute atomic E-state index is 0.0695. The van der Waals surface area contributed by atoms with E-state index in [1.54, 1.807) is 11.0 Å². The van der Waals surface area contributed by atoms with Gasteiger partial charge in [0.2, 0.25) is 0 Å². The number of halogens is 3. The smallest absolute Gasteiger partial charge is 0.390 e. The van der Waals surface area contributed by atoms with Gasteiger partial charge in [-0.1, -0.05) is 12.1 Å². The molecule has 0 aliphatic carbocycles. The third-order valence-electron chi connectivity index (χ3n) is 4.48. The number of aliphatic hydroxyl groups is 1. The van der Waals surface area contributed by atoms with E-state index in [1.165, 1.54) is 12.1 Å². The number of para-hydroxylation sites is 1. The fraction of sp³-hybridized carbons (Fsp3) is 0.600. The molecule has 4 nitrogen and oxygen atoms in total. The number of anilines is 1. The fourth-order valence-electron chi connectivity index (χ4n) is 3.31. The van der Waals surface area contributed by atoms with E-state index in [-0.39, 0.29) is 11.7 Å². The molecule has 1 aromatic rings. The number of hydrogen-bond acceptors (Lipinski definition) is 4. The van der Waals surface area contributed by atoms with Crippen LogP contribution in [0.1, 0.15) is 5.56 Å². The lowest BCUT2D eigenvalue weighted by Crippen LogP contribution is -2.54. The van der Waals surface area contributed by atoms with E-state index in [9.17, 15) is 18.3 Å². The second-order valence-corrected chi connectivity index (χ2v) is 5.83. The van der Waals surface area contributed by atoms with Crippen molar-refractivity contribution >= 4 is 5.69 Å². The summed E-state index contributed by atoms with van der Waals surface area (Å²) in [5, 5.41) is 13.0. The Morgan fingerprint density at radius 1 is 1.05 bits per heavy atom. The van der Waals surface area contributed by atoms with E-state index in [0.29, 0.717) is 32.7 Å². The number of rotatable bonds is 2. The van der Waals surface area contributed by atoms with Crippen LogP contribution in [0.4, 0.5) is 18.9 Å². The van der Waals surface area contributed by atoms with Crippen LogP contribution in [0.15, 0.2) is 24.3 Å². The molecule has 7 heteroatoms. The zero-order valence-electron chi connectivity index (χ0n) is 12.2. The first kappa shape index (κ1) is 15.6. The van der Waals surface area contributed by atoms with Crippen molar-refractivity contribution in [2.75, 3.05) is 44.2 Å². The van der Waals surface area contributed by atoms with Gasteiger partial charge in [-0.25, -0.2) is 0 Å². The molecule has 0 radical (unpaired) electrons. The molecule has 0 aromatic heterocycles. The normalized spacial score (nSPS) is 27.4. The zero-order valence-corrected chi connectivity index (χ0v) is 12.2.